The van der Waals surface area contributed by atoms with Gasteiger partial charge in [-0.15, -0.1) is 0 Å². The first-order valence-corrected chi connectivity index (χ1v) is 6.74. The van der Waals surface area contributed by atoms with E-state index in [1.54, 1.807) is 12.1 Å². The molecule has 1 N–H and O–H groups in total. The second-order valence-corrected chi connectivity index (χ2v) is 5.14. The molecule has 0 heterocycles. The molecule has 0 saturated heterocycles. The van der Waals surface area contributed by atoms with Crippen molar-refractivity contribution in [3.05, 3.63) is 70.5 Å². The normalized spacial score (nSPS) is 12.4. The number of hydrogen-bond donors (Lipinski definition) is 1. The summed E-state index contributed by atoms with van der Waals surface area (Å²) in [6, 6.07) is 14.9. The Morgan fingerprint density at radius 2 is 1.95 bits per heavy atom. The first-order valence-electron chi connectivity index (χ1n) is 6.36. The Morgan fingerprint density at radius 1 is 1.16 bits per heavy atom. The molecular weight excluding hydrogens is 261 g/mol. The van der Waals surface area contributed by atoms with Gasteiger partial charge in [-0.2, -0.15) is 0 Å². The Balaban J connectivity index is 1.88. The monoisotopic (exact) mass is 277 g/mol. The zero-order valence-electron chi connectivity index (χ0n) is 10.9. The first-order chi connectivity index (χ1) is 9.15. The molecule has 1 atom stereocenters. The van der Waals surface area contributed by atoms with Crippen LogP contribution in [-0.2, 0) is 13.0 Å². The molecule has 0 aromatic heterocycles. The van der Waals surface area contributed by atoms with Gasteiger partial charge in [0, 0.05) is 23.2 Å². The van der Waals surface area contributed by atoms with Crippen LogP contribution in [0.4, 0.5) is 4.39 Å². The van der Waals surface area contributed by atoms with Crippen LogP contribution in [0, 0.1) is 5.82 Å². The van der Waals surface area contributed by atoms with Gasteiger partial charge in [0.25, 0.3) is 0 Å². The van der Waals surface area contributed by atoms with Crippen LogP contribution in [0.25, 0.3) is 0 Å². The highest BCUT2D eigenvalue weighted by molar-refractivity contribution is 6.30. The second kappa shape index (κ2) is 6.69. The zero-order chi connectivity index (χ0) is 13.7. The molecule has 0 amide bonds. The minimum absolute atomic E-state index is 0.162. The third kappa shape index (κ3) is 4.34. The van der Waals surface area contributed by atoms with E-state index < -0.39 is 0 Å². The van der Waals surface area contributed by atoms with Crippen LogP contribution in [0.3, 0.4) is 0 Å². The summed E-state index contributed by atoms with van der Waals surface area (Å²) in [6.07, 6.45) is 0.870. The quantitative estimate of drug-likeness (QED) is 0.864. The van der Waals surface area contributed by atoms with Gasteiger partial charge < -0.3 is 5.32 Å². The van der Waals surface area contributed by atoms with Crippen molar-refractivity contribution in [3.63, 3.8) is 0 Å². The van der Waals surface area contributed by atoms with Crippen molar-refractivity contribution in [2.24, 2.45) is 0 Å². The lowest BCUT2D eigenvalue weighted by molar-refractivity contribution is 0.525. The maximum absolute atomic E-state index is 13.5. The van der Waals surface area contributed by atoms with Gasteiger partial charge in [-0.05, 0) is 37.1 Å². The minimum atomic E-state index is -0.162. The molecule has 1 unspecified atom stereocenters. The fourth-order valence-corrected chi connectivity index (χ4v) is 2.23. The minimum Gasteiger partial charge on any atom is -0.310 e. The molecule has 0 aliphatic rings. The SMILES string of the molecule is CC(Cc1cccc(Cl)c1)NCc1ccccc1F. The smallest absolute Gasteiger partial charge is 0.127 e. The van der Waals surface area contributed by atoms with Crippen molar-refractivity contribution in [2.75, 3.05) is 0 Å². The van der Waals surface area contributed by atoms with Crippen LogP contribution >= 0.6 is 11.6 Å². The summed E-state index contributed by atoms with van der Waals surface area (Å²) in [6.45, 7) is 2.62. The number of benzene rings is 2. The Bertz CT molecular complexity index is 542. The standard InChI is InChI=1S/C16H17ClFN/c1-12(9-13-5-4-7-15(17)10-13)19-11-14-6-2-3-8-16(14)18/h2-8,10,12,19H,9,11H2,1H3. The lowest BCUT2D eigenvalue weighted by Gasteiger charge is -2.14. The highest BCUT2D eigenvalue weighted by Gasteiger charge is 2.06. The van der Waals surface area contributed by atoms with E-state index in [2.05, 4.69) is 12.2 Å². The number of rotatable bonds is 5. The molecule has 2 aromatic rings. The summed E-state index contributed by atoms with van der Waals surface area (Å²) >= 11 is 5.95. The first kappa shape index (κ1) is 14.0. The fraction of sp³-hybridized carbons (Fsp3) is 0.250. The summed E-state index contributed by atoms with van der Waals surface area (Å²) in [5, 5.41) is 4.07. The molecule has 0 fully saturated rings. The van der Waals surface area contributed by atoms with E-state index in [0.717, 1.165) is 11.4 Å². The molecule has 0 radical (unpaired) electrons. The van der Waals surface area contributed by atoms with E-state index in [9.17, 15) is 4.39 Å². The topological polar surface area (TPSA) is 12.0 Å². The van der Waals surface area contributed by atoms with Crippen LogP contribution in [0.15, 0.2) is 48.5 Å². The maximum Gasteiger partial charge on any atom is 0.127 e. The van der Waals surface area contributed by atoms with Crippen LogP contribution in [0.2, 0.25) is 5.02 Å². The average molecular weight is 278 g/mol. The number of halogens is 2. The molecule has 2 rings (SSSR count). The van der Waals surface area contributed by atoms with Crippen molar-refractivity contribution in [1.82, 2.24) is 5.32 Å². The number of nitrogens with one attached hydrogen (secondary N) is 1. The molecule has 0 bridgehead atoms. The van der Waals surface area contributed by atoms with Crippen molar-refractivity contribution < 1.29 is 4.39 Å². The molecular formula is C16H17ClFN. The average Bonchev–Trinajstić information content (AvgIpc) is 2.38. The van der Waals surface area contributed by atoms with Gasteiger partial charge >= 0.3 is 0 Å². The van der Waals surface area contributed by atoms with E-state index in [0.29, 0.717) is 12.1 Å². The van der Waals surface area contributed by atoms with E-state index >= 15 is 0 Å². The predicted molar refractivity (Wildman–Crippen MR) is 77.9 cm³/mol. The van der Waals surface area contributed by atoms with Crippen molar-refractivity contribution >= 4 is 11.6 Å². The van der Waals surface area contributed by atoms with Crippen molar-refractivity contribution in [1.29, 1.82) is 0 Å². The van der Waals surface area contributed by atoms with Crippen LogP contribution in [0.1, 0.15) is 18.1 Å². The number of hydrogen-bond acceptors (Lipinski definition) is 1. The van der Waals surface area contributed by atoms with Crippen LogP contribution in [-0.4, -0.2) is 6.04 Å². The highest BCUT2D eigenvalue weighted by Crippen LogP contribution is 2.13. The molecule has 3 heteroatoms. The molecule has 0 spiro atoms. The lowest BCUT2D eigenvalue weighted by Crippen LogP contribution is -2.27. The Labute approximate surface area is 118 Å². The largest absolute Gasteiger partial charge is 0.310 e. The Morgan fingerprint density at radius 3 is 2.68 bits per heavy atom. The fourth-order valence-electron chi connectivity index (χ4n) is 2.02. The molecule has 19 heavy (non-hydrogen) atoms. The Hall–Kier alpha value is -1.38. The van der Waals surface area contributed by atoms with E-state index in [4.69, 9.17) is 11.6 Å². The molecule has 0 aliphatic heterocycles. The van der Waals surface area contributed by atoms with Gasteiger partial charge in [0.1, 0.15) is 5.82 Å². The summed E-state index contributed by atoms with van der Waals surface area (Å²) in [4.78, 5) is 0. The second-order valence-electron chi connectivity index (χ2n) is 4.71. The van der Waals surface area contributed by atoms with Gasteiger partial charge in [0.2, 0.25) is 0 Å². The summed E-state index contributed by atoms with van der Waals surface area (Å²) in [7, 11) is 0. The third-order valence-corrected chi connectivity index (χ3v) is 3.26. The summed E-state index contributed by atoms with van der Waals surface area (Å²) < 4.78 is 13.5. The molecule has 1 nitrogen and oxygen atoms in total. The lowest BCUT2D eigenvalue weighted by atomic mass is 10.1. The van der Waals surface area contributed by atoms with Crippen molar-refractivity contribution in [2.45, 2.75) is 25.9 Å². The maximum atomic E-state index is 13.5. The van der Waals surface area contributed by atoms with Crippen molar-refractivity contribution in [3.8, 4) is 0 Å². The predicted octanol–water partition coefficient (Wildman–Crippen LogP) is 4.20. The molecule has 0 saturated carbocycles. The van der Waals surface area contributed by atoms with E-state index in [1.807, 2.05) is 30.3 Å². The van der Waals surface area contributed by atoms with Gasteiger partial charge in [-0.3, -0.25) is 0 Å². The van der Waals surface area contributed by atoms with Gasteiger partial charge in [0.05, 0.1) is 0 Å². The van der Waals surface area contributed by atoms with Gasteiger partial charge in [-0.25, -0.2) is 4.39 Å². The zero-order valence-corrected chi connectivity index (χ0v) is 11.6. The highest BCUT2D eigenvalue weighted by atomic mass is 35.5. The van der Waals surface area contributed by atoms with E-state index in [-0.39, 0.29) is 11.9 Å². The van der Waals surface area contributed by atoms with Gasteiger partial charge in [0.15, 0.2) is 0 Å². The van der Waals surface area contributed by atoms with E-state index in [1.165, 1.54) is 11.6 Å². The molecule has 2 aromatic carbocycles. The Kier molecular flexibility index (Phi) is 4.94. The summed E-state index contributed by atoms with van der Waals surface area (Å²) in [5.41, 5.74) is 1.88. The summed E-state index contributed by atoms with van der Waals surface area (Å²) in [5.74, 6) is -0.162. The molecule has 100 valence electrons. The third-order valence-electron chi connectivity index (χ3n) is 3.03. The molecule has 0 aliphatic carbocycles. The van der Waals surface area contributed by atoms with Crippen LogP contribution < -0.4 is 5.32 Å². The van der Waals surface area contributed by atoms with Crippen LogP contribution in [0.5, 0.6) is 0 Å². The van der Waals surface area contributed by atoms with Gasteiger partial charge in [-0.1, -0.05) is 41.9 Å².